The monoisotopic (exact) mass is 311 g/mol. The molecule has 96 valence electrons. The lowest BCUT2D eigenvalue weighted by Crippen LogP contribution is -2.33. The maximum atomic E-state index is 13.6. The highest BCUT2D eigenvalue weighted by atomic mass is 79.9. The average molecular weight is 312 g/mol. The Morgan fingerprint density at radius 3 is 2.89 bits per heavy atom. The first kappa shape index (κ1) is 13.4. The molecule has 0 aliphatic heterocycles. The van der Waals surface area contributed by atoms with Crippen LogP contribution in [0.15, 0.2) is 16.7 Å². The molecule has 5 heteroatoms. The lowest BCUT2D eigenvalue weighted by atomic mass is 10.1. The van der Waals surface area contributed by atoms with Crippen LogP contribution in [0.1, 0.15) is 31.2 Å². The summed E-state index contributed by atoms with van der Waals surface area (Å²) in [5.41, 5.74) is 0.548. The number of hydrogen-bond acceptors (Lipinski definition) is 3. The SMILES string of the molecule is N#CCN(Cc1cc(Br)cnc1F)C1CCCC1. The van der Waals surface area contributed by atoms with E-state index in [2.05, 4.69) is 31.9 Å². The first-order valence-corrected chi connectivity index (χ1v) is 6.91. The van der Waals surface area contributed by atoms with Crippen molar-refractivity contribution in [2.24, 2.45) is 0 Å². The molecule has 1 aromatic rings. The van der Waals surface area contributed by atoms with Gasteiger partial charge in [0.25, 0.3) is 0 Å². The molecule has 1 heterocycles. The largest absolute Gasteiger partial charge is 0.283 e. The highest BCUT2D eigenvalue weighted by molar-refractivity contribution is 9.10. The third kappa shape index (κ3) is 3.27. The minimum atomic E-state index is -0.445. The van der Waals surface area contributed by atoms with Gasteiger partial charge >= 0.3 is 0 Å². The first-order valence-electron chi connectivity index (χ1n) is 6.11. The van der Waals surface area contributed by atoms with Gasteiger partial charge in [-0.1, -0.05) is 12.8 Å². The van der Waals surface area contributed by atoms with Gasteiger partial charge in [0.1, 0.15) is 0 Å². The lowest BCUT2D eigenvalue weighted by Gasteiger charge is -2.26. The number of pyridine rings is 1. The molecule has 0 amide bonds. The molecule has 0 spiro atoms. The molecule has 0 aromatic carbocycles. The maximum Gasteiger partial charge on any atom is 0.217 e. The van der Waals surface area contributed by atoms with Crippen molar-refractivity contribution in [3.63, 3.8) is 0 Å². The van der Waals surface area contributed by atoms with Crippen molar-refractivity contribution in [2.45, 2.75) is 38.3 Å². The molecular weight excluding hydrogens is 297 g/mol. The summed E-state index contributed by atoms with van der Waals surface area (Å²) in [6, 6.07) is 4.31. The number of nitriles is 1. The van der Waals surface area contributed by atoms with Gasteiger partial charge in [0.15, 0.2) is 0 Å². The molecule has 3 nitrogen and oxygen atoms in total. The van der Waals surface area contributed by atoms with Crippen LogP contribution in [-0.4, -0.2) is 22.5 Å². The topological polar surface area (TPSA) is 39.9 Å². The van der Waals surface area contributed by atoms with E-state index in [4.69, 9.17) is 5.26 Å². The Balaban J connectivity index is 2.12. The Morgan fingerprint density at radius 2 is 2.22 bits per heavy atom. The highest BCUT2D eigenvalue weighted by Crippen LogP contribution is 2.25. The molecule has 1 aromatic heterocycles. The van der Waals surface area contributed by atoms with Gasteiger partial charge in [-0.2, -0.15) is 9.65 Å². The fourth-order valence-electron chi connectivity index (χ4n) is 2.47. The van der Waals surface area contributed by atoms with Crippen LogP contribution in [0.4, 0.5) is 4.39 Å². The first-order chi connectivity index (χ1) is 8.70. The van der Waals surface area contributed by atoms with E-state index in [0.29, 0.717) is 24.7 Å². The fraction of sp³-hybridized carbons (Fsp3) is 0.538. The number of aromatic nitrogens is 1. The summed E-state index contributed by atoms with van der Waals surface area (Å²) in [5, 5.41) is 8.89. The van der Waals surface area contributed by atoms with Crippen LogP contribution in [0.2, 0.25) is 0 Å². The van der Waals surface area contributed by atoms with Crippen LogP contribution >= 0.6 is 15.9 Å². The third-order valence-electron chi connectivity index (χ3n) is 3.37. The average Bonchev–Trinajstić information content (AvgIpc) is 2.87. The van der Waals surface area contributed by atoms with Gasteiger partial charge < -0.3 is 0 Å². The van der Waals surface area contributed by atoms with Crippen LogP contribution in [0.3, 0.4) is 0 Å². The molecule has 0 unspecified atom stereocenters. The van der Waals surface area contributed by atoms with Crippen LogP contribution in [0.5, 0.6) is 0 Å². The van der Waals surface area contributed by atoms with E-state index in [1.54, 1.807) is 6.07 Å². The molecule has 0 saturated heterocycles. The standard InChI is InChI=1S/C13H15BrFN3/c14-11-7-10(13(15)17-8-11)9-18(6-5-16)12-3-1-2-4-12/h7-8,12H,1-4,6,9H2. The van der Waals surface area contributed by atoms with Crippen LogP contribution in [0, 0.1) is 17.3 Å². The van der Waals surface area contributed by atoms with Gasteiger partial charge in [-0.25, -0.2) is 4.98 Å². The predicted molar refractivity (Wildman–Crippen MR) is 70.2 cm³/mol. The summed E-state index contributed by atoms with van der Waals surface area (Å²) in [6.45, 7) is 0.799. The second kappa shape index (κ2) is 6.26. The molecule has 0 N–H and O–H groups in total. The molecule has 18 heavy (non-hydrogen) atoms. The summed E-state index contributed by atoms with van der Waals surface area (Å²) in [6.07, 6.45) is 6.05. The molecule has 1 saturated carbocycles. The number of rotatable bonds is 4. The molecule has 0 radical (unpaired) electrons. The quantitative estimate of drug-likeness (QED) is 0.633. The highest BCUT2D eigenvalue weighted by Gasteiger charge is 2.23. The Labute approximate surface area is 115 Å². The van der Waals surface area contributed by atoms with Crippen molar-refractivity contribution in [2.75, 3.05) is 6.54 Å². The van der Waals surface area contributed by atoms with Gasteiger partial charge in [0, 0.05) is 28.8 Å². The summed E-state index contributed by atoms with van der Waals surface area (Å²) in [7, 11) is 0. The van der Waals surface area contributed by atoms with E-state index in [1.807, 2.05) is 0 Å². The van der Waals surface area contributed by atoms with Gasteiger partial charge in [-0.15, -0.1) is 0 Å². The van der Waals surface area contributed by atoms with Gasteiger partial charge in [0.05, 0.1) is 12.6 Å². The van der Waals surface area contributed by atoms with Crippen molar-refractivity contribution in [1.82, 2.24) is 9.88 Å². The van der Waals surface area contributed by atoms with E-state index in [1.165, 1.54) is 19.0 Å². The van der Waals surface area contributed by atoms with E-state index < -0.39 is 5.95 Å². The zero-order valence-electron chi connectivity index (χ0n) is 10.1. The molecule has 1 fully saturated rings. The van der Waals surface area contributed by atoms with Crippen molar-refractivity contribution >= 4 is 15.9 Å². The Bertz CT molecular complexity index is 452. The van der Waals surface area contributed by atoms with Crippen molar-refractivity contribution < 1.29 is 4.39 Å². The fourth-order valence-corrected chi connectivity index (χ4v) is 2.85. The van der Waals surface area contributed by atoms with Crippen LogP contribution in [-0.2, 0) is 6.54 Å². The Morgan fingerprint density at radius 1 is 1.50 bits per heavy atom. The van der Waals surface area contributed by atoms with E-state index in [0.717, 1.165) is 17.3 Å². The second-order valence-electron chi connectivity index (χ2n) is 4.60. The molecule has 0 bridgehead atoms. The predicted octanol–water partition coefficient (Wildman–Crippen LogP) is 3.25. The van der Waals surface area contributed by atoms with E-state index in [-0.39, 0.29) is 0 Å². The smallest absolute Gasteiger partial charge is 0.217 e. The third-order valence-corrected chi connectivity index (χ3v) is 3.80. The normalized spacial score (nSPS) is 16.1. The van der Waals surface area contributed by atoms with Gasteiger partial charge in [-0.3, -0.25) is 4.90 Å². The Hall–Kier alpha value is -0.990. The van der Waals surface area contributed by atoms with Crippen LogP contribution in [0.25, 0.3) is 0 Å². The molecule has 2 rings (SSSR count). The van der Waals surface area contributed by atoms with Crippen LogP contribution < -0.4 is 0 Å². The van der Waals surface area contributed by atoms with Crippen molar-refractivity contribution in [3.8, 4) is 6.07 Å². The minimum Gasteiger partial charge on any atom is -0.283 e. The zero-order chi connectivity index (χ0) is 13.0. The Kier molecular flexibility index (Phi) is 4.67. The molecular formula is C13H15BrFN3. The minimum absolute atomic E-state index is 0.344. The number of hydrogen-bond donors (Lipinski definition) is 0. The molecule has 1 aliphatic carbocycles. The van der Waals surface area contributed by atoms with Gasteiger partial charge in [-0.05, 0) is 34.8 Å². The van der Waals surface area contributed by atoms with Crippen molar-refractivity contribution in [3.05, 3.63) is 28.2 Å². The van der Waals surface area contributed by atoms with E-state index >= 15 is 0 Å². The second-order valence-corrected chi connectivity index (χ2v) is 5.52. The summed E-state index contributed by atoms with van der Waals surface area (Å²) >= 11 is 3.30. The summed E-state index contributed by atoms with van der Waals surface area (Å²) in [4.78, 5) is 5.75. The number of halogens is 2. The molecule has 0 atom stereocenters. The summed E-state index contributed by atoms with van der Waals surface area (Å²) in [5.74, 6) is -0.445. The maximum absolute atomic E-state index is 13.6. The molecule has 1 aliphatic rings. The van der Waals surface area contributed by atoms with E-state index in [9.17, 15) is 4.39 Å². The lowest BCUT2D eigenvalue weighted by molar-refractivity contribution is 0.210. The zero-order valence-corrected chi connectivity index (χ0v) is 11.7. The summed E-state index contributed by atoms with van der Waals surface area (Å²) < 4.78 is 14.4. The number of nitrogens with zero attached hydrogens (tertiary/aromatic N) is 3. The van der Waals surface area contributed by atoms with Crippen molar-refractivity contribution in [1.29, 1.82) is 5.26 Å². The van der Waals surface area contributed by atoms with Gasteiger partial charge in [0.2, 0.25) is 5.95 Å².